The lowest BCUT2D eigenvalue weighted by Gasteiger charge is -2.24. The van der Waals surface area contributed by atoms with Crippen LogP contribution in [-0.4, -0.2) is 19.1 Å². The van der Waals surface area contributed by atoms with Crippen LogP contribution in [0.25, 0.3) is 0 Å². The molecule has 1 aromatic carbocycles. The van der Waals surface area contributed by atoms with E-state index < -0.39 is 0 Å². The van der Waals surface area contributed by atoms with E-state index in [2.05, 4.69) is 10.6 Å². The Balaban J connectivity index is 1.90. The summed E-state index contributed by atoms with van der Waals surface area (Å²) in [7, 11) is 0. The Hall–Kier alpha value is -0.280. The highest BCUT2D eigenvalue weighted by atomic mass is 35.5. The standard InChI is InChI=1S/C12H16Cl2N2/c13-10-3-4-12(14)9(6-10)7-16-11-2-1-5-15-8-11/h3-4,6,11,15-16H,1-2,5,7-8H2. The van der Waals surface area contributed by atoms with Gasteiger partial charge in [-0.1, -0.05) is 23.2 Å². The molecule has 2 nitrogen and oxygen atoms in total. The van der Waals surface area contributed by atoms with E-state index in [0.29, 0.717) is 6.04 Å². The van der Waals surface area contributed by atoms with E-state index in [1.807, 2.05) is 18.2 Å². The van der Waals surface area contributed by atoms with Gasteiger partial charge in [0.05, 0.1) is 0 Å². The van der Waals surface area contributed by atoms with Crippen molar-refractivity contribution >= 4 is 23.2 Å². The summed E-state index contributed by atoms with van der Waals surface area (Å²) in [6, 6.07) is 6.13. The molecule has 1 aliphatic heterocycles. The molecular weight excluding hydrogens is 243 g/mol. The molecule has 0 saturated carbocycles. The highest BCUT2D eigenvalue weighted by Gasteiger charge is 2.12. The fourth-order valence-electron chi connectivity index (χ4n) is 1.96. The van der Waals surface area contributed by atoms with Crippen molar-refractivity contribution in [3.05, 3.63) is 33.8 Å². The van der Waals surface area contributed by atoms with Gasteiger partial charge in [-0.05, 0) is 43.1 Å². The average molecular weight is 259 g/mol. The van der Waals surface area contributed by atoms with E-state index in [1.54, 1.807) is 0 Å². The maximum Gasteiger partial charge on any atom is 0.0451 e. The second-order valence-corrected chi connectivity index (χ2v) is 5.00. The number of piperidine rings is 1. The second kappa shape index (κ2) is 5.87. The van der Waals surface area contributed by atoms with Crippen molar-refractivity contribution in [1.29, 1.82) is 0 Å². The van der Waals surface area contributed by atoms with Gasteiger partial charge in [-0.15, -0.1) is 0 Å². The molecule has 16 heavy (non-hydrogen) atoms. The molecule has 0 bridgehead atoms. The molecule has 0 radical (unpaired) electrons. The summed E-state index contributed by atoms with van der Waals surface area (Å²) in [5.41, 5.74) is 1.07. The molecule has 1 fully saturated rings. The van der Waals surface area contributed by atoms with Gasteiger partial charge >= 0.3 is 0 Å². The summed E-state index contributed by atoms with van der Waals surface area (Å²) in [5.74, 6) is 0. The van der Waals surface area contributed by atoms with Crippen LogP contribution in [0.1, 0.15) is 18.4 Å². The zero-order valence-corrected chi connectivity index (χ0v) is 10.6. The molecule has 1 atom stereocenters. The van der Waals surface area contributed by atoms with Gasteiger partial charge in [-0.2, -0.15) is 0 Å². The van der Waals surface area contributed by atoms with Gasteiger partial charge in [-0.3, -0.25) is 0 Å². The van der Waals surface area contributed by atoms with Crippen LogP contribution < -0.4 is 10.6 Å². The van der Waals surface area contributed by atoms with Crippen molar-refractivity contribution < 1.29 is 0 Å². The molecule has 0 amide bonds. The van der Waals surface area contributed by atoms with Gasteiger partial charge in [0.2, 0.25) is 0 Å². The van der Waals surface area contributed by atoms with E-state index in [4.69, 9.17) is 23.2 Å². The highest BCUT2D eigenvalue weighted by Crippen LogP contribution is 2.20. The van der Waals surface area contributed by atoms with E-state index in [9.17, 15) is 0 Å². The Kier molecular flexibility index (Phi) is 4.47. The van der Waals surface area contributed by atoms with Gasteiger partial charge in [0.15, 0.2) is 0 Å². The minimum Gasteiger partial charge on any atom is -0.315 e. The van der Waals surface area contributed by atoms with E-state index in [1.165, 1.54) is 12.8 Å². The SMILES string of the molecule is Clc1ccc(Cl)c(CNC2CCCNC2)c1. The third-order valence-electron chi connectivity index (χ3n) is 2.89. The fraction of sp³-hybridized carbons (Fsp3) is 0.500. The molecule has 0 aromatic heterocycles. The van der Waals surface area contributed by atoms with Crippen LogP contribution in [-0.2, 0) is 6.54 Å². The van der Waals surface area contributed by atoms with Crippen LogP contribution in [0.4, 0.5) is 0 Å². The Morgan fingerprint density at radius 3 is 3.00 bits per heavy atom. The van der Waals surface area contributed by atoms with Gasteiger partial charge in [0.25, 0.3) is 0 Å². The predicted octanol–water partition coefficient (Wildman–Crippen LogP) is 2.84. The first-order chi connectivity index (χ1) is 7.75. The summed E-state index contributed by atoms with van der Waals surface area (Å²) in [5, 5.41) is 8.39. The molecule has 2 N–H and O–H groups in total. The van der Waals surface area contributed by atoms with E-state index in [0.717, 1.165) is 35.2 Å². The summed E-state index contributed by atoms with van der Waals surface area (Å²) in [6.07, 6.45) is 2.46. The van der Waals surface area contributed by atoms with E-state index in [-0.39, 0.29) is 0 Å². The summed E-state index contributed by atoms with van der Waals surface area (Å²) in [4.78, 5) is 0. The third-order valence-corrected chi connectivity index (χ3v) is 3.49. The highest BCUT2D eigenvalue weighted by molar-refractivity contribution is 6.33. The van der Waals surface area contributed by atoms with Crippen LogP contribution in [0.5, 0.6) is 0 Å². The Labute approximate surface area is 106 Å². The number of hydrogen-bond donors (Lipinski definition) is 2. The van der Waals surface area contributed by atoms with Crippen molar-refractivity contribution in [2.45, 2.75) is 25.4 Å². The zero-order chi connectivity index (χ0) is 11.4. The largest absolute Gasteiger partial charge is 0.315 e. The summed E-state index contributed by atoms with van der Waals surface area (Å²) >= 11 is 12.0. The minimum atomic E-state index is 0.545. The topological polar surface area (TPSA) is 24.1 Å². The molecule has 0 spiro atoms. The summed E-state index contributed by atoms with van der Waals surface area (Å²) in [6.45, 7) is 2.96. The normalized spacial score (nSPS) is 21.0. The van der Waals surface area contributed by atoms with Crippen molar-refractivity contribution in [3.8, 4) is 0 Å². The third kappa shape index (κ3) is 3.36. The average Bonchev–Trinajstić information content (AvgIpc) is 2.32. The smallest absolute Gasteiger partial charge is 0.0451 e. The molecule has 1 aliphatic rings. The molecule has 1 unspecified atom stereocenters. The lowest BCUT2D eigenvalue weighted by atomic mass is 10.1. The van der Waals surface area contributed by atoms with Crippen molar-refractivity contribution in [2.75, 3.05) is 13.1 Å². The molecule has 2 rings (SSSR count). The Bertz CT molecular complexity index is 349. The van der Waals surface area contributed by atoms with Crippen LogP contribution in [0.2, 0.25) is 10.0 Å². The zero-order valence-electron chi connectivity index (χ0n) is 9.10. The monoisotopic (exact) mass is 258 g/mol. The quantitative estimate of drug-likeness (QED) is 0.872. The fourth-order valence-corrected chi connectivity index (χ4v) is 2.34. The van der Waals surface area contributed by atoms with Crippen molar-refractivity contribution in [3.63, 3.8) is 0 Å². The molecule has 1 heterocycles. The lowest BCUT2D eigenvalue weighted by Crippen LogP contribution is -2.42. The molecule has 1 saturated heterocycles. The number of halogens is 2. The van der Waals surface area contributed by atoms with Crippen molar-refractivity contribution in [1.82, 2.24) is 10.6 Å². The Morgan fingerprint density at radius 1 is 1.38 bits per heavy atom. The van der Waals surface area contributed by atoms with Crippen LogP contribution in [0.15, 0.2) is 18.2 Å². The Morgan fingerprint density at radius 2 is 2.25 bits per heavy atom. The van der Waals surface area contributed by atoms with Crippen LogP contribution in [0.3, 0.4) is 0 Å². The second-order valence-electron chi connectivity index (χ2n) is 4.16. The molecule has 1 aromatic rings. The molecule has 88 valence electrons. The molecule has 4 heteroatoms. The van der Waals surface area contributed by atoms with Gasteiger partial charge in [-0.25, -0.2) is 0 Å². The molecular formula is C12H16Cl2N2. The lowest BCUT2D eigenvalue weighted by molar-refractivity contribution is 0.389. The minimum absolute atomic E-state index is 0.545. The maximum absolute atomic E-state index is 6.10. The van der Waals surface area contributed by atoms with Crippen LogP contribution in [0, 0.1) is 0 Å². The maximum atomic E-state index is 6.10. The number of nitrogens with one attached hydrogen (secondary N) is 2. The van der Waals surface area contributed by atoms with Crippen molar-refractivity contribution in [2.24, 2.45) is 0 Å². The van der Waals surface area contributed by atoms with Gasteiger partial charge in [0, 0.05) is 29.2 Å². The predicted molar refractivity (Wildman–Crippen MR) is 69.2 cm³/mol. The molecule has 0 aliphatic carbocycles. The van der Waals surface area contributed by atoms with Crippen LogP contribution >= 0.6 is 23.2 Å². The first kappa shape index (κ1) is 12.2. The first-order valence-corrected chi connectivity index (χ1v) is 6.39. The van der Waals surface area contributed by atoms with E-state index >= 15 is 0 Å². The van der Waals surface area contributed by atoms with Gasteiger partial charge < -0.3 is 10.6 Å². The van der Waals surface area contributed by atoms with Gasteiger partial charge in [0.1, 0.15) is 0 Å². The number of rotatable bonds is 3. The number of benzene rings is 1. The summed E-state index contributed by atoms with van der Waals surface area (Å²) < 4.78 is 0. The number of hydrogen-bond acceptors (Lipinski definition) is 2. The first-order valence-electron chi connectivity index (χ1n) is 5.64.